The standard InChI is InChI=1S/C29H36N2O6S/c1-4-5-9-19-37-27-21-23(14-17-26(27)28(32)31-38(3,34)35)22-12-15-25(16-13-22)36-20-18-30-29(2,33)24-10-7-6-8-11-24/h6-8,10-17,21,30,33H,4-5,9,18-20H2,1-3H3,(H,31,32)/t29-/m0/s1. The van der Waals surface area contributed by atoms with Crippen molar-refractivity contribution in [3.05, 3.63) is 83.9 Å². The molecule has 0 bridgehead atoms. The lowest BCUT2D eigenvalue weighted by molar-refractivity contribution is 0.0169. The van der Waals surface area contributed by atoms with Crippen molar-refractivity contribution in [2.45, 2.75) is 38.8 Å². The first-order valence-electron chi connectivity index (χ1n) is 12.6. The molecule has 0 spiro atoms. The minimum absolute atomic E-state index is 0.162. The van der Waals surface area contributed by atoms with E-state index in [4.69, 9.17) is 9.47 Å². The van der Waals surface area contributed by atoms with Gasteiger partial charge in [0.05, 0.1) is 18.4 Å². The smallest absolute Gasteiger partial charge is 0.268 e. The van der Waals surface area contributed by atoms with Crippen LogP contribution in [0.1, 0.15) is 49.0 Å². The van der Waals surface area contributed by atoms with Crippen molar-refractivity contribution < 1.29 is 27.8 Å². The summed E-state index contributed by atoms with van der Waals surface area (Å²) >= 11 is 0. The monoisotopic (exact) mass is 540 g/mol. The summed E-state index contributed by atoms with van der Waals surface area (Å²) in [5.74, 6) is 0.278. The molecule has 8 nitrogen and oxygen atoms in total. The maximum absolute atomic E-state index is 12.5. The fourth-order valence-electron chi connectivity index (χ4n) is 3.84. The van der Waals surface area contributed by atoms with Crippen LogP contribution >= 0.6 is 0 Å². The van der Waals surface area contributed by atoms with Gasteiger partial charge in [0, 0.05) is 6.54 Å². The van der Waals surface area contributed by atoms with Gasteiger partial charge in [0.2, 0.25) is 10.0 Å². The minimum atomic E-state index is -3.70. The van der Waals surface area contributed by atoms with Gasteiger partial charge in [0.25, 0.3) is 5.91 Å². The van der Waals surface area contributed by atoms with Crippen LogP contribution in [0.4, 0.5) is 0 Å². The summed E-state index contributed by atoms with van der Waals surface area (Å²) in [5.41, 5.74) is 1.48. The number of rotatable bonds is 14. The molecule has 0 heterocycles. The number of amides is 1. The molecule has 0 aromatic heterocycles. The second-order valence-electron chi connectivity index (χ2n) is 9.21. The van der Waals surface area contributed by atoms with Gasteiger partial charge in [-0.3, -0.25) is 10.1 Å². The molecule has 9 heteroatoms. The third-order valence-electron chi connectivity index (χ3n) is 5.87. The average molecular weight is 541 g/mol. The Morgan fingerprint density at radius 2 is 1.61 bits per heavy atom. The van der Waals surface area contributed by atoms with Crippen molar-refractivity contribution in [1.82, 2.24) is 10.0 Å². The molecule has 0 fully saturated rings. The number of carbonyl (C=O) groups excluding carboxylic acids is 1. The topological polar surface area (TPSA) is 114 Å². The highest BCUT2D eigenvalue weighted by atomic mass is 32.2. The summed E-state index contributed by atoms with van der Waals surface area (Å²) in [6.07, 6.45) is 3.79. The van der Waals surface area contributed by atoms with E-state index in [1.165, 1.54) is 0 Å². The normalized spacial score (nSPS) is 12.9. The Kier molecular flexibility index (Phi) is 10.3. The lowest BCUT2D eigenvalue weighted by atomic mass is 10.0. The Bertz CT molecular complexity index is 1290. The Labute approximate surface area is 225 Å². The highest BCUT2D eigenvalue weighted by Gasteiger charge is 2.21. The first-order chi connectivity index (χ1) is 18.1. The van der Waals surface area contributed by atoms with E-state index in [1.54, 1.807) is 25.1 Å². The highest BCUT2D eigenvalue weighted by Crippen LogP contribution is 2.29. The number of sulfonamides is 1. The van der Waals surface area contributed by atoms with Gasteiger partial charge < -0.3 is 14.6 Å². The van der Waals surface area contributed by atoms with Gasteiger partial charge in [0.15, 0.2) is 0 Å². The largest absolute Gasteiger partial charge is 0.493 e. The van der Waals surface area contributed by atoms with Gasteiger partial charge in [-0.2, -0.15) is 0 Å². The summed E-state index contributed by atoms with van der Waals surface area (Å²) in [7, 11) is -3.70. The Morgan fingerprint density at radius 3 is 2.26 bits per heavy atom. The summed E-state index contributed by atoms with van der Waals surface area (Å²) in [6, 6.07) is 21.9. The second kappa shape index (κ2) is 13.4. The molecule has 3 aromatic rings. The van der Waals surface area contributed by atoms with Crippen molar-refractivity contribution in [2.24, 2.45) is 0 Å². The van der Waals surface area contributed by atoms with Crippen LogP contribution in [0.15, 0.2) is 72.8 Å². The van der Waals surface area contributed by atoms with Crippen LogP contribution in [0, 0.1) is 0 Å². The van der Waals surface area contributed by atoms with Crippen LogP contribution in [0.2, 0.25) is 0 Å². The van der Waals surface area contributed by atoms with Crippen LogP contribution in [-0.2, 0) is 15.7 Å². The minimum Gasteiger partial charge on any atom is -0.493 e. The Morgan fingerprint density at radius 1 is 0.921 bits per heavy atom. The summed E-state index contributed by atoms with van der Waals surface area (Å²) in [6.45, 7) is 5.02. The number of aliphatic hydroxyl groups is 1. The van der Waals surface area contributed by atoms with Crippen LogP contribution in [0.25, 0.3) is 11.1 Å². The first-order valence-corrected chi connectivity index (χ1v) is 14.5. The molecule has 0 saturated carbocycles. The van der Waals surface area contributed by atoms with Crippen LogP contribution in [0.3, 0.4) is 0 Å². The molecule has 0 saturated heterocycles. The predicted molar refractivity (Wildman–Crippen MR) is 149 cm³/mol. The maximum atomic E-state index is 12.5. The third kappa shape index (κ3) is 8.86. The summed E-state index contributed by atoms with van der Waals surface area (Å²) in [4.78, 5) is 12.5. The molecule has 0 aliphatic rings. The molecule has 38 heavy (non-hydrogen) atoms. The van der Waals surface area contributed by atoms with Gasteiger partial charge in [-0.05, 0) is 54.3 Å². The highest BCUT2D eigenvalue weighted by molar-refractivity contribution is 7.89. The molecule has 204 valence electrons. The third-order valence-corrected chi connectivity index (χ3v) is 6.43. The van der Waals surface area contributed by atoms with Gasteiger partial charge in [-0.25, -0.2) is 13.1 Å². The van der Waals surface area contributed by atoms with E-state index in [0.717, 1.165) is 42.2 Å². The van der Waals surface area contributed by atoms with E-state index in [1.807, 2.05) is 59.3 Å². The average Bonchev–Trinajstić information content (AvgIpc) is 2.89. The van der Waals surface area contributed by atoms with E-state index >= 15 is 0 Å². The fourth-order valence-corrected chi connectivity index (χ4v) is 4.28. The lowest BCUT2D eigenvalue weighted by Crippen LogP contribution is -2.41. The van der Waals surface area contributed by atoms with Crippen molar-refractivity contribution in [3.63, 3.8) is 0 Å². The number of hydrogen-bond donors (Lipinski definition) is 3. The van der Waals surface area contributed by atoms with E-state index in [0.29, 0.717) is 31.3 Å². The van der Waals surface area contributed by atoms with Crippen molar-refractivity contribution in [3.8, 4) is 22.6 Å². The van der Waals surface area contributed by atoms with Crippen molar-refractivity contribution in [2.75, 3.05) is 26.0 Å². The molecule has 1 atom stereocenters. The Hall–Kier alpha value is -3.40. The lowest BCUT2D eigenvalue weighted by Gasteiger charge is -2.25. The van der Waals surface area contributed by atoms with Gasteiger partial charge in [0.1, 0.15) is 23.8 Å². The second-order valence-corrected chi connectivity index (χ2v) is 11.0. The van der Waals surface area contributed by atoms with Crippen LogP contribution in [0.5, 0.6) is 11.5 Å². The zero-order valence-electron chi connectivity index (χ0n) is 22.1. The first kappa shape index (κ1) is 29.2. The van der Waals surface area contributed by atoms with Gasteiger partial charge in [-0.15, -0.1) is 0 Å². The number of ether oxygens (including phenoxy) is 2. The molecule has 3 N–H and O–H groups in total. The zero-order chi connectivity index (χ0) is 27.6. The summed E-state index contributed by atoms with van der Waals surface area (Å²) < 4.78 is 36.8. The molecular formula is C29H36N2O6S. The predicted octanol–water partition coefficient (Wildman–Crippen LogP) is 4.45. The van der Waals surface area contributed by atoms with E-state index in [2.05, 4.69) is 12.2 Å². The number of hydrogen-bond acceptors (Lipinski definition) is 7. The molecule has 0 aliphatic heterocycles. The summed E-state index contributed by atoms with van der Waals surface area (Å²) in [5, 5.41) is 13.7. The molecule has 0 radical (unpaired) electrons. The number of nitrogens with one attached hydrogen (secondary N) is 2. The van der Waals surface area contributed by atoms with Crippen molar-refractivity contribution >= 4 is 15.9 Å². The Balaban J connectivity index is 1.65. The molecule has 0 unspecified atom stereocenters. The van der Waals surface area contributed by atoms with Crippen molar-refractivity contribution in [1.29, 1.82) is 0 Å². The molecule has 1 amide bonds. The molecular weight excluding hydrogens is 504 g/mol. The van der Waals surface area contributed by atoms with E-state index in [9.17, 15) is 18.3 Å². The van der Waals surface area contributed by atoms with E-state index in [-0.39, 0.29) is 5.56 Å². The fraction of sp³-hybridized carbons (Fsp3) is 0.345. The molecule has 0 aliphatic carbocycles. The number of unbranched alkanes of at least 4 members (excludes halogenated alkanes) is 2. The quantitative estimate of drug-likeness (QED) is 0.205. The van der Waals surface area contributed by atoms with Crippen LogP contribution in [-0.4, -0.2) is 45.4 Å². The number of carbonyl (C=O) groups is 1. The molecule has 3 aromatic carbocycles. The van der Waals surface area contributed by atoms with Crippen LogP contribution < -0.4 is 19.5 Å². The van der Waals surface area contributed by atoms with Gasteiger partial charge in [-0.1, -0.05) is 68.3 Å². The maximum Gasteiger partial charge on any atom is 0.268 e. The SMILES string of the molecule is CCCCCOc1cc(-c2ccc(OCCN[C@@](C)(O)c3ccccc3)cc2)ccc1C(=O)NS(C)(=O)=O. The van der Waals surface area contributed by atoms with Gasteiger partial charge >= 0.3 is 0 Å². The van der Waals surface area contributed by atoms with E-state index < -0.39 is 21.7 Å². The number of benzene rings is 3. The zero-order valence-corrected chi connectivity index (χ0v) is 22.9. The molecule has 3 rings (SSSR count).